The van der Waals surface area contributed by atoms with Gasteiger partial charge in [0.2, 0.25) is 0 Å². The molecule has 6 heteroatoms. The molecule has 1 unspecified atom stereocenters. The number of anilines is 1. The van der Waals surface area contributed by atoms with Crippen molar-refractivity contribution in [3.8, 4) is 0 Å². The molecule has 1 fully saturated rings. The van der Waals surface area contributed by atoms with Crippen LogP contribution in [0, 0.1) is 12.7 Å². The summed E-state index contributed by atoms with van der Waals surface area (Å²) in [6.45, 7) is 3.08. The summed E-state index contributed by atoms with van der Waals surface area (Å²) < 4.78 is 24.7. The SMILES string of the molecule is Cc1c(NCC2CCCCO2)cc2oc(=O)[nH]c2c1F. The molecule has 3 rings (SSSR count). The first-order valence-corrected chi connectivity index (χ1v) is 6.82. The van der Waals surface area contributed by atoms with E-state index in [1.54, 1.807) is 13.0 Å². The average Bonchev–Trinajstić information content (AvgIpc) is 2.83. The van der Waals surface area contributed by atoms with Crippen molar-refractivity contribution in [2.75, 3.05) is 18.5 Å². The second kappa shape index (κ2) is 5.28. The minimum absolute atomic E-state index is 0.118. The molecule has 1 saturated heterocycles. The summed E-state index contributed by atoms with van der Waals surface area (Å²) in [5, 5.41) is 3.18. The maximum absolute atomic E-state index is 14.1. The quantitative estimate of drug-likeness (QED) is 0.906. The molecule has 2 heterocycles. The molecular weight excluding hydrogens is 263 g/mol. The van der Waals surface area contributed by atoms with Gasteiger partial charge in [0.15, 0.2) is 11.4 Å². The van der Waals surface area contributed by atoms with E-state index in [-0.39, 0.29) is 17.2 Å². The van der Waals surface area contributed by atoms with E-state index >= 15 is 0 Å². The maximum Gasteiger partial charge on any atom is 0.417 e. The van der Waals surface area contributed by atoms with Gasteiger partial charge in [0.25, 0.3) is 0 Å². The molecule has 0 aliphatic carbocycles. The van der Waals surface area contributed by atoms with E-state index in [0.717, 1.165) is 25.9 Å². The first-order valence-electron chi connectivity index (χ1n) is 6.82. The van der Waals surface area contributed by atoms with Crippen LogP contribution in [0.1, 0.15) is 24.8 Å². The van der Waals surface area contributed by atoms with Crippen LogP contribution in [0.3, 0.4) is 0 Å². The van der Waals surface area contributed by atoms with Crippen molar-refractivity contribution in [1.29, 1.82) is 0 Å². The van der Waals surface area contributed by atoms with Crippen molar-refractivity contribution < 1.29 is 13.5 Å². The monoisotopic (exact) mass is 280 g/mol. The first-order chi connectivity index (χ1) is 9.65. The van der Waals surface area contributed by atoms with E-state index in [4.69, 9.17) is 9.15 Å². The second-order valence-corrected chi connectivity index (χ2v) is 5.12. The third-order valence-electron chi connectivity index (χ3n) is 3.70. The Bertz CT molecular complexity index is 671. The topological polar surface area (TPSA) is 67.3 Å². The summed E-state index contributed by atoms with van der Waals surface area (Å²) in [6, 6.07) is 1.65. The predicted octanol–water partition coefficient (Wildman–Crippen LogP) is 2.55. The van der Waals surface area contributed by atoms with Gasteiger partial charge in [-0.1, -0.05) is 0 Å². The van der Waals surface area contributed by atoms with Crippen molar-refractivity contribution in [2.24, 2.45) is 0 Å². The van der Waals surface area contributed by atoms with Gasteiger partial charge >= 0.3 is 5.76 Å². The molecule has 1 aliphatic rings. The third kappa shape index (κ3) is 2.43. The molecule has 0 saturated carbocycles. The number of ether oxygens (including phenoxy) is 1. The zero-order chi connectivity index (χ0) is 14.1. The van der Waals surface area contributed by atoms with Gasteiger partial charge in [0, 0.05) is 30.5 Å². The number of oxazole rings is 1. The van der Waals surface area contributed by atoms with Crippen molar-refractivity contribution in [1.82, 2.24) is 4.98 Å². The van der Waals surface area contributed by atoms with Crippen LogP contribution >= 0.6 is 0 Å². The summed E-state index contributed by atoms with van der Waals surface area (Å²) in [5.41, 5.74) is 1.44. The van der Waals surface area contributed by atoms with Crippen LogP contribution in [0.2, 0.25) is 0 Å². The number of H-pyrrole nitrogens is 1. The van der Waals surface area contributed by atoms with Crippen LogP contribution in [0.5, 0.6) is 0 Å². The highest BCUT2D eigenvalue weighted by Crippen LogP contribution is 2.26. The zero-order valence-electron chi connectivity index (χ0n) is 11.3. The van der Waals surface area contributed by atoms with Gasteiger partial charge in [-0.05, 0) is 26.2 Å². The van der Waals surface area contributed by atoms with E-state index < -0.39 is 11.6 Å². The van der Waals surface area contributed by atoms with Gasteiger partial charge in [-0.15, -0.1) is 0 Å². The van der Waals surface area contributed by atoms with Gasteiger partial charge in [0.05, 0.1) is 6.10 Å². The van der Waals surface area contributed by atoms with Crippen LogP contribution < -0.4 is 11.1 Å². The molecule has 2 aromatic rings. The standard InChI is InChI=1S/C14H17FN2O3/c1-8-10(16-7-9-4-2-3-5-19-9)6-11-13(12(8)15)17-14(18)20-11/h6,9,16H,2-5,7H2,1H3,(H,17,18). The number of hydrogen-bond acceptors (Lipinski definition) is 4. The fourth-order valence-corrected chi connectivity index (χ4v) is 2.53. The lowest BCUT2D eigenvalue weighted by atomic mass is 10.1. The summed E-state index contributed by atoms with van der Waals surface area (Å²) >= 11 is 0. The van der Waals surface area contributed by atoms with E-state index in [1.807, 2.05) is 0 Å². The van der Waals surface area contributed by atoms with Crippen molar-refractivity contribution in [2.45, 2.75) is 32.3 Å². The molecule has 2 N–H and O–H groups in total. The Morgan fingerprint density at radius 2 is 2.35 bits per heavy atom. The van der Waals surface area contributed by atoms with E-state index in [1.165, 1.54) is 0 Å². The maximum atomic E-state index is 14.1. The van der Waals surface area contributed by atoms with Crippen molar-refractivity contribution in [3.05, 3.63) is 28.0 Å². The number of halogens is 1. The van der Waals surface area contributed by atoms with E-state index in [2.05, 4.69) is 10.3 Å². The summed E-state index contributed by atoms with van der Waals surface area (Å²) in [4.78, 5) is 13.5. The minimum atomic E-state index is -0.647. The van der Waals surface area contributed by atoms with Gasteiger partial charge in [-0.3, -0.25) is 4.98 Å². The minimum Gasteiger partial charge on any atom is -0.408 e. The average molecular weight is 280 g/mol. The van der Waals surface area contributed by atoms with Crippen LogP contribution in [0.15, 0.2) is 15.3 Å². The molecule has 5 nitrogen and oxygen atoms in total. The largest absolute Gasteiger partial charge is 0.417 e. The Morgan fingerprint density at radius 1 is 1.50 bits per heavy atom. The molecular formula is C14H17FN2O3. The lowest BCUT2D eigenvalue weighted by Crippen LogP contribution is -2.27. The molecule has 20 heavy (non-hydrogen) atoms. The van der Waals surface area contributed by atoms with Crippen LogP contribution in [-0.4, -0.2) is 24.2 Å². The Balaban J connectivity index is 1.83. The zero-order valence-corrected chi connectivity index (χ0v) is 11.3. The summed E-state index contributed by atoms with van der Waals surface area (Å²) in [6.07, 6.45) is 3.42. The molecule has 1 aliphatic heterocycles. The Kier molecular flexibility index (Phi) is 3.48. The lowest BCUT2D eigenvalue weighted by molar-refractivity contribution is 0.0247. The fourth-order valence-electron chi connectivity index (χ4n) is 2.53. The number of aromatic amines is 1. The third-order valence-corrected chi connectivity index (χ3v) is 3.70. The summed E-state index contributed by atoms with van der Waals surface area (Å²) in [5.74, 6) is -1.11. The van der Waals surface area contributed by atoms with Gasteiger partial charge < -0.3 is 14.5 Å². The number of rotatable bonds is 3. The van der Waals surface area contributed by atoms with E-state index in [0.29, 0.717) is 17.8 Å². The number of hydrogen-bond donors (Lipinski definition) is 2. The Morgan fingerprint density at radius 3 is 3.10 bits per heavy atom. The summed E-state index contributed by atoms with van der Waals surface area (Å²) in [7, 11) is 0. The number of benzene rings is 1. The molecule has 0 amide bonds. The molecule has 1 aromatic carbocycles. The Hall–Kier alpha value is -1.82. The second-order valence-electron chi connectivity index (χ2n) is 5.12. The smallest absolute Gasteiger partial charge is 0.408 e. The number of aromatic nitrogens is 1. The van der Waals surface area contributed by atoms with Crippen LogP contribution in [-0.2, 0) is 4.74 Å². The van der Waals surface area contributed by atoms with Crippen molar-refractivity contribution in [3.63, 3.8) is 0 Å². The molecule has 0 bridgehead atoms. The lowest BCUT2D eigenvalue weighted by Gasteiger charge is -2.23. The highest BCUT2D eigenvalue weighted by atomic mass is 19.1. The highest BCUT2D eigenvalue weighted by molar-refractivity contribution is 5.79. The number of fused-ring (bicyclic) bond motifs is 1. The van der Waals surface area contributed by atoms with Crippen molar-refractivity contribution >= 4 is 16.8 Å². The molecule has 0 spiro atoms. The predicted molar refractivity (Wildman–Crippen MR) is 73.6 cm³/mol. The van der Waals surface area contributed by atoms with E-state index in [9.17, 15) is 9.18 Å². The molecule has 108 valence electrons. The molecule has 1 atom stereocenters. The van der Waals surface area contributed by atoms with Gasteiger partial charge in [-0.25, -0.2) is 9.18 Å². The van der Waals surface area contributed by atoms with Crippen LogP contribution in [0.4, 0.5) is 10.1 Å². The fraction of sp³-hybridized carbons (Fsp3) is 0.500. The normalized spacial score (nSPS) is 19.4. The Labute approximate surface area is 115 Å². The van der Waals surface area contributed by atoms with Crippen LogP contribution in [0.25, 0.3) is 11.1 Å². The van der Waals surface area contributed by atoms with Gasteiger partial charge in [0.1, 0.15) is 5.52 Å². The highest BCUT2D eigenvalue weighted by Gasteiger charge is 2.17. The molecule has 1 aromatic heterocycles. The van der Waals surface area contributed by atoms with Gasteiger partial charge in [-0.2, -0.15) is 0 Å². The molecule has 0 radical (unpaired) electrons. The number of nitrogens with one attached hydrogen (secondary N) is 2. The first kappa shape index (κ1) is 13.2.